The molecule has 0 aliphatic rings. The van der Waals surface area contributed by atoms with Gasteiger partial charge in [0.15, 0.2) is 0 Å². The predicted octanol–water partition coefficient (Wildman–Crippen LogP) is 0.498. The Labute approximate surface area is 56.3 Å². The van der Waals surface area contributed by atoms with Crippen LogP contribution in [0.25, 0.3) is 0 Å². The van der Waals surface area contributed by atoms with Gasteiger partial charge in [0.05, 0.1) is 11.2 Å². The van der Waals surface area contributed by atoms with Gasteiger partial charge < -0.3 is 4.74 Å². The Morgan fingerprint density at radius 1 is 2.00 bits per heavy atom. The van der Waals surface area contributed by atoms with Crippen LogP contribution in [0.1, 0.15) is 4.11 Å². The summed E-state index contributed by atoms with van der Waals surface area (Å²) in [5.41, 5.74) is 0. The minimum atomic E-state index is -2.71. The monoisotopic (exact) mass is 129 g/mol. The molecule has 0 aliphatic carbocycles. The highest BCUT2D eigenvalue weighted by Gasteiger charge is 1.98. The lowest BCUT2D eigenvalue weighted by Crippen LogP contribution is -2.07. The number of imidazole rings is 1. The van der Waals surface area contributed by atoms with Gasteiger partial charge in [-0.15, -0.1) is 0 Å². The van der Waals surface area contributed by atoms with Gasteiger partial charge in [0.25, 0.3) is 0 Å². The molecule has 0 amide bonds. The molecule has 0 radical (unpaired) electrons. The zero-order valence-electron chi connectivity index (χ0n) is 7.44. The summed E-state index contributed by atoms with van der Waals surface area (Å²) >= 11 is 0. The molecular weight excluding hydrogens is 120 g/mol. The molecule has 9 heavy (non-hydrogen) atoms. The summed E-state index contributed by atoms with van der Waals surface area (Å²) in [6.07, 6.45) is 2.84. The average Bonchev–Trinajstić information content (AvgIpc) is 2.32. The van der Waals surface area contributed by atoms with Crippen molar-refractivity contribution >= 4 is 6.09 Å². The molecule has 4 nitrogen and oxygen atoms in total. The number of aromatic nitrogens is 2. The minimum absolute atomic E-state index is 0.937. The lowest BCUT2D eigenvalue weighted by molar-refractivity contribution is 0.173. The fraction of sp³-hybridized carbons (Fsp3) is 0.200. The Morgan fingerprint density at radius 2 is 2.89 bits per heavy atom. The van der Waals surface area contributed by atoms with Crippen LogP contribution in [-0.2, 0) is 4.74 Å². The lowest BCUT2D eigenvalue weighted by Gasteiger charge is -1.94. The predicted molar refractivity (Wildman–Crippen MR) is 30.0 cm³/mol. The van der Waals surface area contributed by atoms with Gasteiger partial charge in [0.1, 0.15) is 6.33 Å². The van der Waals surface area contributed by atoms with E-state index in [9.17, 15) is 4.79 Å². The number of hydrogen-bond donors (Lipinski definition) is 0. The molecule has 1 heterocycles. The summed E-state index contributed by atoms with van der Waals surface area (Å²) < 4.78 is 24.9. The van der Waals surface area contributed by atoms with Crippen LogP contribution in [0.15, 0.2) is 18.7 Å². The van der Waals surface area contributed by atoms with Crippen molar-refractivity contribution in [1.82, 2.24) is 9.55 Å². The van der Waals surface area contributed by atoms with Crippen LogP contribution in [-0.4, -0.2) is 22.7 Å². The van der Waals surface area contributed by atoms with Gasteiger partial charge in [-0.25, -0.2) is 14.3 Å². The van der Waals surface area contributed by atoms with Crippen LogP contribution in [0.4, 0.5) is 4.79 Å². The van der Waals surface area contributed by atoms with Crippen molar-refractivity contribution in [3.63, 3.8) is 0 Å². The molecular formula is C5H6N2O2. The Hall–Kier alpha value is -1.32. The minimum Gasteiger partial charge on any atom is -0.452 e. The van der Waals surface area contributed by atoms with Gasteiger partial charge in [0.2, 0.25) is 0 Å². The van der Waals surface area contributed by atoms with E-state index >= 15 is 0 Å². The third-order valence-electron chi connectivity index (χ3n) is 0.803. The second-order valence-corrected chi connectivity index (χ2v) is 1.34. The molecule has 0 saturated heterocycles. The summed E-state index contributed by atoms with van der Waals surface area (Å²) in [6.45, 7) is 0. The second-order valence-electron chi connectivity index (χ2n) is 1.34. The second kappa shape index (κ2) is 2.30. The fourth-order valence-electron chi connectivity index (χ4n) is 0.420. The van der Waals surface area contributed by atoms with Crippen LogP contribution in [0.3, 0.4) is 0 Å². The highest BCUT2D eigenvalue weighted by atomic mass is 16.5. The summed E-state index contributed by atoms with van der Waals surface area (Å²) in [4.78, 5) is 14.4. The lowest BCUT2D eigenvalue weighted by atomic mass is 10.9. The van der Waals surface area contributed by atoms with Crippen LogP contribution in [0.2, 0.25) is 0 Å². The van der Waals surface area contributed by atoms with Gasteiger partial charge in [-0.2, -0.15) is 0 Å². The van der Waals surface area contributed by atoms with Crippen molar-refractivity contribution < 1.29 is 13.6 Å². The van der Waals surface area contributed by atoms with Gasteiger partial charge in [0, 0.05) is 12.4 Å². The van der Waals surface area contributed by atoms with Gasteiger partial charge >= 0.3 is 6.09 Å². The highest BCUT2D eigenvalue weighted by Crippen LogP contribution is 1.85. The number of ether oxygens (including phenoxy) is 1. The van der Waals surface area contributed by atoms with Gasteiger partial charge in [-0.3, -0.25) is 0 Å². The summed E-state index contributed by atoms with van der Waals surface area (Å²) in [5, 5.41) is 0. The summed E-state index contributed by atoms with van der Waals surface area (Å²) in [6, 6.07) is 0. The standard InChI is InChI=1S/C5H6N2O2/c1-9-5(8)7-3-2-6-4-7/h2-4H,1H3/i1D3. The Morgan fingerprint density at radius 3 is 3.44 bits per heavy atom. The van der Waals surface area contributed by atoms with E-state index in [0.29, 0.717) is 0 Å². The van der Waals surface area contributed by atoms with Crippen LogP contribution in [0, 0.1) is 0 Å². The zero-order chi connectivity index (χ0) is 9.19. The number of nitrogens with zero attached hydrogens (tertiary/aromatic N) is 2. The topological polar surface area (TPSA) is 44.1 Å². The first-order chi connectivity index (χ1) is 5.49. The molecule has 48 valence electrons. The quantitative estimate of drug-likeness (QED) is 0.512. The Kier molecular flexibility index (Phi) is 0.768. The first kappa shape index (κ1) is 3.00. The first-order valence-electron chi connectivity index (χ1n) is 3.70. The van der Waals surface area contributed by atoms with Crippen LogP contribution >= 0.6 is 0 Å². The fourth-order valence-corrected chi connectivity index (χ4v) is 0.420. The molecule has 4 heteroatoms. The van der Waals surface area contributed by atoms with Crippen molar-refractivity contribution in [3.8, 4) is 0 Å². The molecule has 0 unspecified atom stereocenters. The van der Waals surface area contributed by atoms with Crippen LogP contribution in [0.5, 0.6) is 0 Å². The Bertz CT molecular complexity index is 267. The van der Waals surface area contributed by atoms with Crippen molar-refractivity contribution in [1.29, 1.82) is 0 Å². The average molecular weight is 129 g/mol. The summed E-state index contributed by atoms with van der Waals surface area (Å²) in [5.74, 6) is 0. The maximum absolute atomic E-state index is 10.9. The van der Waals surface area contributed by atoms with E-state index in [1.54, 1.807) is 0 Å². The number of carbonyl (C=O) groups excluding carboxylic acids is 1. The van der Waals surface area contributed by atoms with Crippen molar-refractivity contribution in [2.75, 3.05) is 7.04 Å². The SMILES string of the molecule is [2H]C([2H])([2H])OC(=O)n1ccnc1. The third-order valence-corrected chi connectivity index (χ3v) is 0.803. The number of rotatable bonds is 0. The molecule has 0 aliphatic heterocycles. The molecule has 0 atom stereocenters. The molecule has 1 aromatic rings. The molecule has 1 rings (SSSR count). The van der Waals surface area contributed by atoms with E-state index in [-0.39, 0.29) is 0 Å². The van der Waals surface area contributed by atoms with E-state index < -0.39 is 13.1 Å². The normalized spacial score (nSPS) is 15.3. The van der Waals surface area contributed by atoms with Gasteiger partial charge in [-0.05, 0) is 0 Å². The maximum atomic E-state index is 10.9. The van der Waals surface area contributed by atoms with E-state index in [1.807, 2.05) is 0 Å². The molecule has 0 spiro atoms. The highest BCUT2D eigenvalue weighted by molar-refractivity contribution is 5.69. The Balaban J connectivity index is 2.63. The van der Waals surface area contributed by atoms with E-state index in [4.69, 9.17) is 4.11 Å². The molecule has 0 fully saturated rings. The summed E-state index contributed by atoms with van der Waals surface area (Å²) in [7, 11) is -2.71. The van der Waals surface area contributed by atoms with Crippen molar-refractivity contribution in [2.24, 2.45) is 0 Å². The number of hydrogen-bond acceptors (Lipinski definition) is 3. The molecule has 0 saturated carbocycles. The van der Waals surface area contributed by atoms with Crippen LogP contribution < -0.4 is 0 Å². The smallest absolute Gasteiger partial charge is 0.418 e. The molecule has 1 aromatic heterocycles. The van der Waals surface area contributed by atoms with Crippen molar-refractivity contribution in [3.05, 3.63) is 18.7 Å². The van der Waals surface area contributed by atoms with Gasteiger partial charge in [-0.1, -0.05) is 0 Å². The van der Waals surface area contributed by atoms with Crippen molar-refractivity contribution in [2.45, 2.75) is 0 Å². The third kappa shape index (κ3) is 1.07. The molecule has 0 bridgehead atoms. The van der Waals surface area contributed by atoms with E-state index in [0.717, 1.165) is 10.9 Å². The molecule has 0 aromatic carbocycles. The first-order valence-corrected chi connectivity index (χ1v) is 2.20. The molecule has 0 N–H and O–H groups in total. The number of methoxy groups -OCH3 is 1. The van der Waals surface area contributed by atoms with E-state index in [1.165, 1.54) is 12.4 Å². The maximum Gasteiger partial charge on any atom is 0.418 e. The zero-order valence-corrected chi connectivity index (χ0v) is 4.44. The number of carbonyl (C=O) groups is 1. The largest absolute Gasteiger partial charge is 0.452 e. The van der Waals surface area contributed by atoms with E-state index in [2.05, 4.69) is 9.72 Å².